The Kier molecular flexibility index (Phi) is 3.82. The molecule has 1 unspecified atom stereocenters. The summed E-state index contributed by atoms with van der Waals surface area (Å²) in [6.07, 6.45) is 3.41. The molecule has 0 aromatic heterocycles. The molecule has 6 nitrogen and oxygen atoms in total. The van der Waals surface area contributed by atoms with Crippen molar-refractivity contribution in [1.82, 2.24) is 10.2 Å². The number of halogens is 1. The van der Waals surface area contributed by atoms with E-state index in [4.69, 9.17) is 11.6 Å². The number of hydrogen-bond acceptors (Lipinski definition) is 4. The summed E-state index contributed by atoms with van der Waals surface area (Å²) in [6, 6.07) is 5.06. The number of rotatable bonds is 4. The van der Waals surface area contributed by atoms with Crippen molar-refractivity contribution in [2.24, 2.45) is 0 Å². The lowest BCUT2D eigenvalue weighted by Gasteiger charge is -2.16. The Bertz CT molecular complexity index is 589. The monoisotopic (exact) mass is 309 g/mol. The van der Waals surface area contributed by atoms with Crippen molar-refractivity contribution in [1.29, 1.82) is 0 Å². The zero-order valence-electron chi connectivity index (χ0n) is 11.4. The molecule has 1 aliphatic heterocycles. The molecule has 1 amide bonds. The zero-order chi connectivity index (χ0) is 15.0. The van der Waals surface area contributed by atoms with Gasteiger partial charge in [0.25, 0.3) is 11.6 Å². The van der Waals surface area contributed by atoms with Crippen molar-refractivity contribution < 1.29 is 9.72 Å². The molecule has 0 bridgehead atoms. The fourth-order valence-corrected chi connectivity index (χ4v) is 3.06. The zero-order valence-corrected chi connectivity index (χ0v) is 12.2. The maximum Gasteiger partial charge on any atom is 0.288 e. The topological polar surface area (TPSA) is 75.5 Å². The van der Waals surface area contributed by atoms with Crippen LogP contribution in [0, 0.1) is 10.1 Å². The van der Waals surface area contributed by atoms with Crippen LogP contribution in [-0.2, 0) is 0 Å². The lowest BCUT2D eigenvalue weighted by Crippen LogP contribution is -2.37. The highest BCUT2D eigenvalue weighted by Crippen LogP contribution is 2.30. The molecule has 1 saturated carbocycles. The van der Waals surface area contributed by atoms with Gasteiger partial charge in [-0.3, -0.25) is 19.8 Å². The largest absolute Gasteiger partial charge is 0.348 e. The van der Waals surface area contributed by atoms with Crippen LogP contribution in [0.5, 0.6) is 0 Å². The molecule has 1 N–H and O–H groups in total. The van der Waals surface area contributed by atoms with Crippen LogP contribution in [0.1, 0.15) is 29.6 Å². The molecule has 0 radical (unpaired) electrons. The first-order valence-corrected chi connectivity index (χ1v) is 7.42. The summed E-state index contributed by atoms with van der Waals surface area (Å²) in [5.74, 6) is -0.341. The van der Waals surface area contributed by atoms with E-state index in [0.717, 1.165) is 19.5 Å². The molecule has 21 heavy (non-hydrogen) atoms. The number of nitro groups is 1. The maximum absolute atomic E-state index is 12.3. The normalized spacial score (nSPS) is 22.2. The van der Waals surface area contributed by atoms with Gasteiger partial charge in [0.1, 0.15) is 5.02 Å². The summed E-state index contributed by atoms with van der Waals surface area (Å²) >= 11 is 5.96. The first-order valence-electron chi connectivity index (χ1n) is 7.04. The number of amides is 1. The number of nitrogens with zero attached hydrogens (tertiary/aromatic N) is 2. The molecule has 1 heterocycles. The van der Waals surface area contributed by atoms with Crippen LogP contribution in [0.15, 0.2) is 18.2 Å². The molecule has 2 aliphatic rings. The summed E-state index contributed by atoms with van der Waals surface area (Å²) < 4.78 is 0. The van der Waals surface area contributed by atoms with E-state index in [9.17, 15) is 14.9 Å². The second-order valence-electron chi connectivity index (χ2n) is 5.58. The second kappa shape index (κ2) is 5.61. The van der Waals surface area contributed by atoms with Gasteiger partial charge in [-0.25, -0.2) is 0 Å². The predicted molar refractivity (Wildman–Crippen MR) is 78.6 cm³/mol. The highest BCUT2D eigenvalue weighted by atomic mass is 35.5. The number of nitrogens with one attached hydrogen (secondary N) is 1. The van der Waals surface area contributed by atoms with Gasteiger partial charge in [-0.2, -0.15) is 0 Å². The number of hydrogen-bond donors (Lipinski definition) is 1. The van der Waals surface area contributed by atoms with E-state index in [2.05, 4.69) is 10.2 Å². The van der Waals surface area contributed by atoms with Crippen molar-refractivity contribution in [3.63, 3.8) is 0 Å². The van der Waals surface area contributed by atoms with Gasteiger partial charge in [-0.1, -0.05) is 17.7 Å². The third-order valence-electron chi connectivity index (χ3n) is 4.04. The Morgan fingerprint density at radius 3 is 2.81 bits per heavy atom. The van der Waals surface area contributed by atoms with Crippen LogP contribution in [-0.4, -0.2) is 40.9 Å². The third-order valence-corrected chi connectivity index (χ3v) is 4.44. The Morgan fingerprint density at radius 1 is 1.38 bits per heavy atom. The highest BCUT2D eigenvalue weighted by Gasteiger charge is 2.35. The van der Waals surface area contributed by atoms with E-state index in [1.165, 1.54) is 31.0 Å². The molecule has 0 spiro atoms. The number of likely N-dealkylation sites (tertiary alicyclic amines) is 1. The van der Waals surface area contributed by atoms with Gasteiger partial charge in [0.2, 0.25) is 0 Å². The van der Waals surface area contributed by atoms with Crippen LogP contribution in [0.4, 0.5) is 5.69 Å². The summed E-state index contributed by atoms with van der Waals surface area (Å²) in [7, 11) is 0. The van der Waals surface area contributed by atoms with Gasteiger partial charge in [0, 0.05) is 31.2 Å². The molecule has 7 heteroatoms. The summed E-state index contributed by atoms with van der Waals surface area (Å²) in [5, 5.41) is 13.7. The molecule has 2 fully saturated rings. The molecule has 1 aromatic rings. The van der Waals surface area contributed by atoms with Crippen LogP contribution < -0.4 is 5.32 Å². The van der Waals surface area contributed by atoms with E-state index >= 15 is 0 Å². The minimum absolute atomic E-state index is 0.0911. The minimum Gasteiger partial charge on any atom is -0.348 e. The lowest BCUT2D eigenvalue weighted by molar-refractivity contribution is -0.384. The SMILES string of the molecule is O=C(NC1CCN(C2CC2)C1)c1cccc([N+](=O)[O-])c1Cl. The minimum atomic E-state index is -0.580. The van der Waals surface area contributed by atoms with Crippen LogP contribution >= 0.6 is 11.6 Å². The number of carbonyl (C=O) groups excluding carboxylic acids is 1. The van der Waals surface area contributed by atoms with Gasteiger partial charge in [0.15, 0.2) is 0 Å². The van der Waals surface area contributed by atoms with Gasteiger partial charge in [-0.15, -0.1) is 0 Å². The van der Waals surface area contributed by atoms with E-state index < -0.39 is 4.92 Å². The molecular weight excluding hydrogens is 294 g/mol. The van der Waals surface area contributed by atoms with E-state index in [-0.39, 0.29) is 28.2 Å². The molecule has 3 rings (SSSR count). The number of nitro benzene ring substituents is 1. The van der Waals surface area contributed by atoms with Crippen LogP contribution in [0.2, 0.25) is 5.02 Å². The van der Waals surface area contributed by atoms with Crippen molar-refractivity contribution in [3.05, 3.63) is 38.9 Å². The summed E-state index contributed by atoms with van der Waals surface area (Å²) in [6.45, 7) is 1.85. The van der Waals surface area contributed by atoms with Crippen molar-refractivity contribution in [2.75, 3.05) is 13.1 Å². The molecule has 1 aliphatic carbocycles. The van der Waals surface area contributed by atoms with Crippen molar-refractivity contribution in [2.45, 2.75) is 31.3 Å². The first-order chi connectivity index (χ1) is 10.1. The summed E-state index contributed by atoms with van der Waals surface area (Å²) in [5.41, 5.74) is -0.0777. The summed E-state index contributed by atoms with van der Waals surface area (Å²) in [4.78, 5) is 24.9. The van der Waals surface area contributed by atoms with Crippen LogP contribution in [0.25, 0.3) is 0 Å². The van der Waals surface area contributed by atoms with E-state index in [0.29, 0.717) is 6.04 Å². The van der Waals surface area contributed by atoms with E-state index in [1.54, 1.807) is 0 Å². The van der Waals surface area contributed by atoms with Gasteiger partial charge in [0.05, 0.1) is 10.5 Å². The third kappa shape index (κ3) is 3.01. The van der Waals surface area contributed by atoms with Gasteiger partial charge in [-0.05, 0) is 25.3 Å². The maximum atomic E-state index is 12.3. The van der Waals surface area contributed by atoms with E-state index in [1.807, 2.05) is 0 Å². The standard InChI is InChI=1S/C14H16ClN3O3/c15-13-11(2-1-3-12(13)18(20)21)14(19)16-9-6-7-17(8-9)10-4-5-10/h1-3,9-10H,4-8H2,(H,16,19). The van der Waals surface area contributed by atoms with Crippen molar-refractivity contribution >= 4 is 23.2 Å². The Morgan fingerprint density at radius 2 is 2.14 bits per heavy atom. The molecule has 1 atom stereocenters. The lowest BCUT2D eigenvalue weighted by atomic mass is 10.1. The number of carbonyl (C=O) groups is 1. The molecule has 1 aromatic carbocycles. The van der Waals surface area contributed by atoms with Crippen LogP contribution in [0.3, 0.4) is 0 Å². The fraction of sp³-hybridized carbons (Fsp3) is 0.500. The van der Waals surface area contributed by atoms with Crippen molar-refractivity contribution in [3.8, 4) is 0 Å². The quantitative estimate of drug-likeness (QED) is 0.683. The first kappa shape index (κ1) is 14.3. The van der Waals surface area contributed by atoms with Gasteiger partial charge >= 0.3 is 0 Å². The fourth-order valence-electron chi connectivity index (χ4n) is 2.78. The Balaban J connectivity index is 1.68. The molecule has 112 valence electrons. The highest BCUT2D eigenvalue weighted by molar-refractivity contribution is 6.35. The Labute approximate surface area is 127 Å². The average molecular weight is 310 g/mol. The second-order valence-corrected chi connectivity index (χ2v) is 5.96. The smallest absolute Gasteiger partial charge is 0.288 e. The Hall–Kier alpha value is -1.66. The molecular formula is C14H16ClN3O3. The number of benzene rings is 1. The predicted octanol–water partition coefficient (Wildman–Crippen LogP) is 2.21. The van der Waals surface area contributed by atoms with Gasteiger partial charge < -0.3 is 5.32 Å². The average Bonchev–Trinajstić information content (AvgIpc) is 3.19. The molecule has 1 saturated heterocycles.